The quantitative estimate of drug-likeness (QED) is 0.767. The molecule has 0 spiro atoms. The van der Waals surface area contributed by atoms with Crippen molar-refractivity contribution in [2.75, 3.05) is 11.5 Å². The van der Waals surface area contributed by atoms with Gasteiger partial charge in [-0.3, -0.25) is 0 Å². The standard InChI is InChI=1S/C9H15N3S/c1-7-10-4-9(12-7)5-11-8-2-3-13-6-8/h4,8,11H,2-3,5-6H2,1H3,(H,10,12). The summed E-state index contributed by atoms with van der Waals surface area (Å²) in [5, 5.41) is 3.52. The van der Waals surface area contributed by atoms with Crippen LogP contribution in [0.3, 0.4) is 0 Å². The minimum atomic E-state index is 0.702. The molecule has 1 aromatic rings. The van der Waals surface area contributed by atoms with Gasteiger partial charge < -0.3 is 10.3 Å². The molecule has 2 N–H and O–H groups in total. The highest BCUT2D eigenvalue weighted by Gasteiger charge is 2.14. The highest BCUT2D eigenvalue weighted by atomic mass is 32.2. The molecule has 3 nitrogen and oxygen atoms in total. The Bertz CT molecular complexity index is 266. The van der Waals surface area contributed by atoms with E-state index in [1.807, 2.05) is 24.9 Å². The Hall–Kier alpha value is -0.480. The maximum atomic E-state index is 4.16. The minimum absolute atomic E-state index is 0.702. The van der Waals surface area contributed by atoms with Gasteiger partial charge in [-0.05, 0) is 19.1 Å². The van der Waals surface area contributed by atoms with E-state index in [0.29, 0.717) is 6.04 Å². The molecule has 1 fully saturated rings. The number of rotatable bonds is 3. The van der Waals surface area contributed by atoms with Gasteiger partial charge in [-0.25, -0.2) is 4.98 Å². The van der Waals surface area contributed by atoms with E-state index < -0.39 is 0 Å². The van der Waals surface area contributed by atoms with Crippen molar-refractivity contribution in [3.05, 3.63) is 17.7 Å². The van der Waals surface area contributed by atoms with Gasteiger partial charge in [0.2, 0.25) is 0 Å². The van der Waals surface area contributed by atoms with Gasteiger partial charge in [0.25, 0.3) is 0 Å². The van der Waals surface area contributed by atoms with Crippen LogP contribution in [0.1, 0.15) is 17.9 Å². The first-order chi connectivity index (χ1) is 6.34. The normalized spacial score (nSPS) is 22.4. The molecule has 0 aromatic carbocycles. The van der Waals surface area contributed by atoms with Crippen LogP contribution in [-0.2, 0) is 6.54 Å². The summed E-state index contributed by atoms with van der Waals surface area (Å²) in [6.07, 6.45) is 3.21. The number of aromatic amines is 1. The summed E-state index contributed by atoms with van der Waals surface area (Å²) in [5.41, 5.74) is 1.19. The van der Waals surface area contributed by atoms with Crippen molar-refractivity contribution in [1.29, 1.82) is 0 Å². The lowest BCUT2D eigenvalue weighted by Gasteiger charge is -2.08. The molecular formula is C9H15N3S. The zero-order chi connectivity index (χ0) is 9.10. The summed E-state index contributed by atoms with van der Waals surface area (Å²) in [7, 11) is 0. The van der Waals surface area contributed by atoms with E-state index in [4.69, 9.17) is 0 Å². The van der Waals surface area contributed by atoms with Gasteiger partial charge in [-0.1, -0.05) is 0 Å². The molecule has 1 atom stereocenters. The number of aryl methyl sites for hydroxylation is 1. The van der Waals surface area contributed by atoms with Gasteiger partial charge in [0.15, 0.2) is 0 Å². The van der Waals surface area contributed by atoms with Crippen LogP contribution in [0.5, 0.6) is 0 Å². The predicted molar refractivity (Wildman–Crippen MR) is 55.9 cm³/mol. The van der Waals surface area contributed by atoms with Crippen LogP contribution in [0.25, 0.3) is 0 Å². The fourth-order valence-corrected chi connectivity index (χ4v) is 2.70. The van der Waals surface area contributed by atoms with E-state index >= 15 is 0 Å². The van der Waals surface area contributed by atoms with Crippen LogP contribution in [0, 0.1) is 6.92 Å². The Morgan fingerprint density at radius 2 is 2.69 bits per heavy atom. The average molecular weight is 197 g/mol. The van der Waals surface area contributed by atoms with E-state index in [0.717, 1.165) is 12.4 Å². The second-order valence-corrected chi connectivity index (χ2v) is 4.59. The Morgan fingerprint density at radius 3 is 3.31 bits per heavy atom. The number of imidazole rings is 1. The van der Waals surface area contributed by atoms with Crippen LogP contribution in [0.4, 0.5) is 0 Å². The maximum Gasteiger partial charge on any atom is 0.103 e. The van der Waals surface area contributed by atoms with Crippen molar-refractivity contribution in [1.82, 2.24) is 15.3 Å². The monoisotopic (exact) mass is 197 g/mol. The topological polar surface area (TPSA) is 40.7 Å². The van der Waals surface area contributed by atoms with Crippen molar-refractivity contribution in [3.8, 4) is 0 Å². The van der Waals surface area contributed by atoms with Crippen LogP contribution in [0.2, 0.25) is 0 Å². The highest BCUT2D eigenvalue weighted by molar-refractivity contribution is 7.99. The van der Waals surface area contributed by atoms with E-state index in [1.54, 1.807) is 0 Å². The van der Waals surface area contributed by atoms with E-state index in [2.05, 4.69) is 15.3 Å². The van der Waals surface area contributed by atoms with Gasteiger partial charge in [-0.15, -0.1) is 0 Å². The molecule has 0 amide bonds. The van der Waals surface area contributed by atoms with Gasteiger partial charge in [-0.2, -0.15) is 11.8 Å². The molecule has 1 aliphatic heterocycles. The first kappa shape index (κ1) is 9.09. The molecule has 2 rings (SSSR count). The first-order valence-electron chi connectivity index (χ1n) is 4.66. The van der Waals surface area contributed by atoms with Gasteiger partial charge >= 0.3 is 0 Å². The summed E-state index contributed by atoms with van der Waals surface area (Å²) in [4.78, 5) is 7.38. The van der Waals surface area contributed by atoms with Crippen LogP contribution in [-0.4, -0.2) is 27.5 Å². The van der Waals surface area contributed by atoms with Crippen molar-refractivity contribution in [2.45, 2.75) is 25.9 Å². The summed E-state index contributed by atoms with van der Waals surface area (Å²) in [6, 6.07) is 0.702. The second-order valence-electron chi connectivity index (χ2n) is 3.44. The van der Waals surface area contributed by atoms with Crippen LogP contribution < -0.4 is 5.32 Å². The molecule has 72 valence electrons. The summed E-state index contributed by atoms with van der Waals surface area (Å²) >= 11 is 2.03. The predicted octanol–water partition coefficient (Wildman–Crippen LogP) is 1.31. The van der Waals surface area contributed by atoms with E-state index in [9.17, 15) is 0 Å². The van der Waals surface area contributed by atoms with E-state index in [1.165, 1.54) is 23.6 Å². The number of aromatic nitrogens is 2. The van der Waals surface area contributed by atoms with Crippen molar-refractivity contribution in [3.63, 3.8) is 0 Å². The Labute approximate surface area is 82.7 Å². The SMILES string of the molecule is Cc1ncc(CNC2CCSC2)[nH]1. The Balaban J connectivity index is 1.78. The third-order valence-corrected chi connectivity index (χ3v) is 3.43. The summed E-state index contributed by atoms with van der Waals surface area (Å²) in [6.45, 7) is 2.90. The number of nitrogens with zero attached hydrogens (tertiary/aromatic N) is 1. The summed E-state index contributed by atoms with van der Waals surface area (Å²) < 4.78 is 0. The molecule has 4 heteroatoms. The highest BCUT2D eigenvalue weighted by Crippen LogP contribution is 2.17. The van der Waals surface area contributed by atoms with Crippen molar-refractivity contribution in [2.24, 2.45) is 0 Å². The lowest BCUT2D eigenvalue weighted by atomic mass is 10.2. The first-order valence-corrected chi connectivity index (χ1v) is 5.81. The molecule has 1 saturated heterocycles. The number of hydrogen-bond donors (Lipinski definition) is 2. The smallest absolute Gasteiger partial charge is 0.103 e. The molecule has 0 radical (unpaired) electrons. The molecular weight excluding hydrogens is 182 g/mol. The average Bonchev–Trinajstić information content (AvgIpc) is 2.71. The van der Waals surface area contributed by atoms with Gasteiger partial charge in [0.1, 0.15) is 5.82 Å². The Morgan fingerprint density at radius 1 is 1.77 bits per heavy atom. The number of H-pyrrole nitrogens is 1. The third-order valence-electron chi connectivity index (χ3n) is 2.27. The lowest BCUT2D eigenvalue weighted by Crippen LogP contribution is -2.28. The largest absolute Gasteiger partial charge is 0.345 e. The van der Waals surface area contributed by atoms with Crippen molar-refractivity contribution < 1.29 is 0 Å². The zero-order valence-electron chi connectivity index (χ0n) is 7.84. The van der Waals surface area contributed by atoms with Crippen LogP contribution >= 0.6 is 11.8 Å². The molecule has 1 aliphatic rings. The molecule has 13 heavy (non-hydrogen) atoms. The number of thioether (sulfide) groups is 1. The fraction of sp³-hybridized carbons (Fsp3) is 0.667. The third kappa shape index (κ3) is 2.48. The number of nitrogens with one attached hydrogen (secondary N) is 2. The molecule has 1 unspecified atom stereocenters. The zero-order valence-corrected chi connectivity index (χ0v) is 8.66. The Kier molecular flexibility index (Phi) is 2.90. The molecule has 1 aromatic heterocycles. The lowest BCUT2D eigenvalue weighted by molar-refractivity contribution is 0.553. The van der Waals surface area contributed by atoms with Gasteiger partial charge in [0.05, 0.1) is 0 Å². The fourth-order valence-electron chi connectivity index (χ4n) is 1.51. The molecule has 2 heterocycles. The molecule has 0 aliphatic carbocycles. The maximum absolute atomic E-state index is 4.16. The van der Waals surface area contributed by atoms with Gasteiger partial charge in [0, 0.05) is 30.2 Å². The van der Waals surface area contributed by atoms with Crippen LogP contribution in [0.15, 0.2) is 6.20 Å². The molecule has 0 bridgehead atoms. The second kappa shape index (κ2) is 4.15. The molecule has 0 saturated carbocycles. The number of hydrogen-bond acceptors (Lipinski definition) is 3. The van der Waals surface area contributed by atoms with Crippen molar-refractivity contribution >= 4 is 11.8 Å². The summed E-state index contributed by atoms with van der Waals surface area (Å²) in [5.74, 6) is 3.56. The minimum Gasteiger partial charge on any atom is -0.345 e. The van der Waals surface area contributed by atoms with E-state index in [-0.39, 0.29) is 0 Å².